The number of halogens is 2. The van der Waals surface area contributed by atoms with Crippen LogP contribution in [0.15, 0.2) is 48.7 Å². The lowest BCUT2D eigenvalue weighted by Gasteiger charge is -2.11. The monoisotopic (exact) mass is 361 g/mol. The van der Waals surface area contributed by atoms with Crippen molar-refractivity contribution in [2.24, 2.45) is 7.05 Å². The van der Waals surface area contributed by atoms with Crippen molar-refractivity contribution >= 4 is 29.2 Å². The molecule has 0 bridgehead atoms. The summed E-state index contributed by atoms with van der Waals surface area (Å²) in [7, 11) is 3.62. The Kier molecular flexibility index (Phi) is 4.97. The van der Waals surface area contributed by atoms with Crippen LogP contribution in [0.3, 0.4) is 0 Å². The second-order valence-corrected chi connectivity index (χ2v) is 6.12. The number of aromatic nitrogens is 2. The van der Waals surface area contributed by atoms with Crippen LogP contribution in [0.25, 0.3) is 11.3 Å². The lowest BCUT2D eigenvalue weighted by atomic mass is 10.1. The van der Waals surface area contributed by atoms with Gasteiger partial charge in [0.25, 0.3) is 0 Å². The van der Waals surface area contributed by atoms with Crippen molar-refractivity contribution in [1.29, 1.82) is 0 Å². The minimum absolute atomic E-state index is 0.505. The normalized spacial score (nSPS) is 10.7. The van der Waals surface area contributed by atoms with E-state index in [0.717, 1.165) is 28.5 Å². The number of nitrogens with zero attached hydrogens (tertiary/aromatic N) is 2. The smallest absolute Gasteiger partial charge is 0.203 e. The fraction of sp³-hybridized carbons (Fsp3) is 0.167. The van der Waals surface area contributed by atoms with Crippen molar-refractivity contribution in [3.63, 3.8) is 0 Å². The van der Waals surface area contributed by atoms with Gasteiger partial charge in [-0.15, -0.1) is 0 Å². The van der Waals surface area contributed by atoms with Crippen LogP contribution in [-0.4, -0.2) is 16.7 Å². The fourth-order valence-corrected chi connectivity index (χ4v) is 3.00. The van der Waals surface area contributed by atoms with E-state index in [-0.39, 0.29) is 0 Å². The average Bonchev–Trinajstić information content (AvgIpc) is 2.95. The molecule has 3 aromatic rings. The van der Waals surface area contributed by atoms with Gasteiger partial charge in [-0.3, -0.25) is 0 Å². The van der Waals surface area contributed by atoms with E-state index in [2.05, 4.69) is 10.3 Å². The van der Waals surface area contributed by atoms with Crippen LogP contribution in [0.5, 0.6) is 5.75 Å². The number of benzene rings is 2. The molecule has 6 heteroatoms. The summed E-state index contributed by atoms with van der Waals surface area (Å²) in [6.45, 7) is 0.505. The highest BCUT2D eigenvalue weighted by Gasteiger charge is 2.10. The molecule has 0 amide bonds. The molecule has 1 aromatic heterocycles. The third-order valence-electron chi connectivity index (χ3n) is 3.86. The molecule has 0 spiro atoms. The van der Waals surface area contributed by atoms with Gasteiger partial charge in [-0.05, 0) is 36.4 Å². The van der Waals surface area contributed by atoms with Crippen molar-refractivity contribution in [1.82, 2.24) is 9.55 Å². The van der Waals surface area contributed by atoms with Gasteiger partial charge in [0.15, 0.2) is 0 Å². The summed E-state index contributed by atoms with van der Waals surface area (Å²) in [6.07, 6.45) is 1.83. The van der Waals surface area contributed by atoms with Crippen molar-refractivity contribution in [2.45, 2.75) is 6.54 Å². The molecule has 0 atom stereocenters. The van der Waals surface area contributed by atoms with E-state index >= 15 is 0 Å². The summed E-state index contributed by atoms with van der Waals surface area (Å²) in [5.74, 6) is 1.57. The summed E-state index contributed by atoms with van der Waals surface area (Å²) in [4.78, 5) is 4.44. The zero-order valence-electron chi connectivity index (χ0n) is 13.4. The van der Waals surface area contributed by atoms with E-state index in [1.54, 1.807) is 7.11 Å². The first-order valence-electron chi connectivity index (χ1n) is 7.43. The summed E-state index contributed by atoms with van der Waals surface area (Å²) < 4.78 is 7.18. The molecule has 4 nitrogen and oxygen atoms in total. The van der Waals surface area contributed by atoms with Crippen LogP contribution < -0.4 is 10.1 Å². The highest BCUT2D eigenvalue weighted by atomic mass is 35.5. The molecule has 3 rings (SSSR count). The third-order valence-corrected chi connectivity index (χ3v) is 4.57. The predicted molar refractivity (Wildman–Crippen MR) is 99.0 cm³/mol. The molecule has 0 fully saturated rings. The van der Waals surface area contributed by atoms with Crippen LogP contribution >= 0.6 is 23.2 Å². The Labute approximate surface area is 151 Å². The number of rotatable bonds is 5. The quantitative estimate of drug-likeness (QED) is 0.693. The van der Waals surface area contributed by atoms with Gasteiger partial charge in [0.1, 0.15) is 5.75 Å². The highest BCUT2D eigenvalue weighted by molar-refractivity contribution is 6.36. The van der Waals surface area contributed by atoms with Crippen molar-refractivity contribution in [3.8, 4) is 17.0 Å². The van der Waals surface area contributed by atoms with Gasteiger partial charge >= 0.3 is 0 Å². The lowest BCUT2D eigenvalue weighted by molar-refractivity contribution is 0.415. The molecule has 124 valence electrons. The van der Waals surface area contributed by atoms with Crippen LogP contribution in [0, 0.1) is 0 Å². The Morgan fingerprint density at radius 3 is 2.38 bits per heavy atom. The predicted octanol–water partition coefficient (Wildman–Crippen LogP) is 5.01. The van der Waals surface area contributed by atoms with Gasteiger partial charge < -0.3 is 14.6 Å². The molecule has 0 radical (unpaired) electrons. The van der Waals surface area contributed by atoms with Crippen molar-refractivity contribution in [3.05, 3.63) is 64.3 Å². The van der Waals surface area contributed by atoms with Gasteiger partial charge in [0, 0.05) is 34.8 Å². The first kappa shape index (κ1) is 16.7. The Bertz CT molecular complexity index is 824. The zero-order valence-corrected chi connectivity index (χ0v) is 14.9. The Morgan fingerprint density at radius 2 is 1.75 bits per heavy atom. The molecular formula is C18H17Cl2N3O. The van der Waals surface area contributed by atoms with Gasteiger partial charge in [-0.25, -0.2) is 4.98 Å². The maximum atomic E-state index is 6.20. The average molecular weight is 362 g/mol. The van der Waals surface area contributed by atoms with E-state index < -0.39 is 0 Å². The lowest BCUT2D eigenvalue weighted by Crippen LogP contribution is -2.06. The molecule has 0 aliphatic rings. The van der Waals surface area contributed by atoms with Crippen LogP contribution in [0.4, 0.5) is 5.95 Å². The Balaban J connectivity index is 1.80. The number of ether oxygens (including phenoxy) is 1. The summed E-state index contributed by atoms with van der Waals surface area (Å²) >= 11 is 12.4. The zero-order chi connectivity index (χ0) is 17.1. The number of anilines is 1. The number of hydrogen-bond acceptors (Lipinski definition) is 3. The van der Waals surface area contributed by atoms with E-state index in [1.165, 1.54) is 0 Å². The minimum atomic E-state index is 0.505. The second kappa shape index (κ2) is 7.16. The van der Waals surface area contributed by atoms with Crippen LogP contribution in [0.2, 0.25) is 10.0 Å². The highest BCUT2D eigenvalue weighted by Crippen LogP contribution is 2.27. The van der Waals surface area contributed by atoms with Crippen LogP contribution in [-0.2, 0) is 13.6 Å². The Hall–Kier alpha value is -2.17. The van der Waals surface area contributed by atoms with Crippen molar-refractivity contribution in [2.75, 3.05) is 12.4 Å². The second-order valence-electron chi connectivity index (χ2n) is 5.31. The standard InChI is InChI=1S/C18H17Cl2N3O/c1-23-17(12-6-8-13(24-2)9-7-12)11-22-18(23)21-10-14-15(19)4-3-5-16(14)20/h3-9,11H,10H2,1-2H3,(H,21,22). The SMILES string of the molecule is COc1ccc(-c2cnc(NCc3c(Cl)cccc3Cl)n2C)cc1. The van der Waals surface area contributed by atoms with Gasteiger partial charge in [0.2, 0.25) is 5.95 Å². The summed E-state index contributed by atoms with van der Waals surface area (Å²) in [5.41, 5.74) is 2.93. The topological polar surface area (TPSA) is 39.1 Å². The molecule has 1 heterocycles. The van der Waals surface area contributed by atoms with Crippen LogP contribution in [0.1, 0.15) is 5.56 Å². The number of imidazole rings is 1. The number of nitrogens with one attached hydrogen (secondary N) is 1. The third kappa shape index (κ3) is 3.35. The van der Waals surface area contributed by atoms with E-state index in [1.807, 2.05) is 60.3 Å². The van der Waals surface area contributed by atoms with Gasteiger partial charge in [-0.2, -0.15) is 0 Å². The summed E-state index contributed by atoms with van der Waals surface area (Å²) in [6, 6.07) is 13.3. The molecule has 0 aliphatic carbocycles. The van der Waals surface area contributed by atoms with Gasteiger partial charge in [0.05, 0.1) is 19.0 Å². The van der Waals surface area contributed by atoms with E-state index in [0.29, 0.717) is 16.6 Å². The maximum absolute atomic E-state index is 6.20. The molecule has 0 unspecified atom stereocenters. The summed E-state index contributed by atoms with van der Waals surface area (Å²) in [5, 5.41) is 4.56. The molecule has 0 aliphatic heterocycles. The van der Waals surface area contributed by atoms with E-state index in [9.17, 15) is 0 Å². The number of hydrogen-bond donors (Lipinski definition) is 1. The fourth-order valence-electron chi connectivity index (χ4n) is 2.47. The molecule has 1 N–H and O–H groups in total. The molecule has 0 saturated heterocycles. The molecule has 0 saturated carbocycles. The molecular weight excluding hydrogens is 345 g/mol. The van der Waals surface area contributed by atoms with Crippen molar-refractivity contribution < 1.29 is 4.74 Å². The molecule has 2 aromatic carbocycles. The largest absolute Gasteiger partial charge is 0.497 e. The first-order valence-corrected chi connectivity index (χ1v) is 8.18. The van der Waals surface area contributed by atoms with E-state index in [4.69, 9.17) is 27.9 Å². The number of methoxy groups -OCH3 is 1. The molecule has 24 heavy (non-hydrogen) atoms. The van der Waals surface area contributed by atoms with Gasteiger partial charge in [-0.1, -0.05) is 29.3 Å². The first-order chi connectivity index (χ1) is 11.6. The minimum Gasteiger partial charge on any atom is -0.497 e. The maximum Gasteiger partial charge on any atom is 0.203 e. The Morgan fingerprint density at radius 1 is 1.08 bits per heavy atom.